The number of aromatic hydroxyl groups is 1. The molecular formula is C31H28F2N4O3S. The molecule has 0 radical (unpaired) electrons. The molecule has 41 heavy (non-hydrogen) atoms. The molecule has 2 aromatic carbocycles. The molecule has 0 fully saturated rings. The molecule has 1 aliphatic rings. The highest BCUT2D eigenvalue weighted by Gasteiger charge is 2.38. The van der Waals surface area contributed by atoms with E-state index in [1.165, 1.54) is 46.3 Å². The maximum atomic E-state index is 16.5. The van der Waals surface area contributed by atoms with Gasteiger partial charge in [0.15, 0.2) is 10.8 Å². The molecule has 0 spiro atoms. The zero-order valence-corrected chi connectivity index (χ0v) is 23.3. The third kappa shape index (κ3) is 5.47. The molecule has 2 heterocycles. The van der Waals surface area contributed by atoms with Gasteiger partial charge in [-0.15, -0.1) is 11.3 Å². The maximum Gasteiger partial charge on any atom is 0.261 e. The molecule has 0 saturated heterocycles. The Morgan fingerprint density at radius 2 is 1.88 bits per heavy atom. The Morgan fingerprint density at radius 3 is 2.51 bits per heavy atom. The zero-order valence-electron chi connectivity index (χ0n) is 22.5. The first-order valence-electron chi connectivity index (χ1n) is 13.1. The first-order valence-corrected chi connectivity index (χ1v) is 14.0. The lowest BCUT2D eigenvalue weighted by Gasteiger charge is -2.28. The average molecular weight is 575 g/mol. The summed E-state index contributed by atoms with van der Waals surface area (Å²) in [6.07, 6.45) is 1.90. The van der Waals surface area contributed by atoms with Crippen molar-refractivity contribution in [2.24, 2.45) is 5.73 Å². The van der Waals surface area contributed by atoms with Gasteiger partial charge in [-0.1, -0.05) is 61.5 Å². The van der Waals surface area contributed by atoms with Crippen molar-refractivity contribution in [2.75, 3.05) is 0 Å². The smallest absolute Gasteiger partial charge is 0.261 e. The second-order valence-corrected chi connectivity index (χ2v) is 10.9. The van der Waals surface area contributed by atoms with Crippen molar-refractivity contribution in [2.45, 2.75) is 44.8 Å². The highest BCUT2D eigenvalue weighted by molar-refractivity contribution is 7.13. The molecule has 0 aliphatic heterocycles. The van der Waals surface area contributed by atoms with Crippen LogP contribution in [0.1, 0.15) is 48.2 Å². The van der Waals surface area contributed by atoms with Crippen molar-refractivity contribution in [3.63, 3.8) is 0 Å². The van der Waals surface area contributed by atoms with Crippen molar-refractivity contribution < 1.29 is 18.7 Å². The monoisotopic (exact) mass is 574 g/mol. The number of allylic oxidation sites excluding steroid dienone is 3. The minimum absolute atomic E-state index is 0.113. The highest BCUT2D eigenvalue weighted by atomic mass is 32.1. The van der Waals surface area contributed by atoms with Gasteiger partial charge in [-0.3, -0.25) is 14.2 Å². The molecule has 2 atom stereocenters. The summed E-state index contributed by atoms with van der Waals surface area (Å²) in [6, 6.07) is 14.7. The van der Waals surface area contributed by atoms with Crippen LogP contribution < -0.4 is 11.3 Å². The van der Waals surface area contributed by atoms with Crippen LogP contribution in [0.4, 0.5) is 8.78 Å². The van der Waals surface area contributed by atoms with E-state index in [2.05, 4.69) is 9.97 Å². The standard InChI is InChI=1S/C31H28F2N4O3S/c1-3-25(19-9-5-4-6-10-19)37-27(29-35-18(2)17-41-29)36-28(39)23(30(37)40)16-31(33)14-13-20(22(15-31)26(34)38)21-11-7-8-12-24(21)32/h4-14,17,25,39H,3,15-16H2,1-2H3,(H2,34,38). The fourth-order valence-corrected chi connectivity index (χ4v) is 5.98. The van der Waals surface area contributed by atoms with Crippen molar-refractivity contribution in [1.82, 2.24) is 14.5 Å². The van der Waals surface area contributed by atoms with Crippen LogP contribution in [0.2, 0.25) is 0 Å². The zero-order chi connectivity index (χ0) is 29.3. The Hall–Kier alpha value is -4.44. The van der Waals surface area contributed by atoms with Crippen LogP contribution in [0.3, 0.4) is 0 Å². The summed E-state index contributed by atoms with van der Waals surface area (Å²) in [5, 5.41) is 13.2. The van der Waals surface area contributed by atoms with E-state index in [0.29, 0.717) is 11.4 Å². The molecular weight excluding hydrogens is 546 g/mol. The molecule has 2 aromatic heterocycles. The first-order chi connectivity index (χ1) is 19.6. The van der Waals surface area contributed by atoms with E-state index in [1.54, 1.807) is 6.07 Å². The molecule has 2 unspecified atom stereocenters. The summed E-state index contributed by atoms with van der Waals surface area (Å²) in [7, 11) is 0. The summed E-state index contributed by atoms with van der Waals surface area (Å²) in [5.74, 6) is -1.93. The highest BCUT2D eigenvalue weighted by Crippen LogP contribution is 2.39. The molecule has 0 bridgehead atoms. The number of carbonyl (C=O) groups excluding carboxylic acids is 1. The van der Waals surface area contributed by atoms with Crippen molar-refractivity contribution in [3.8, 4) is 16.7 Å². The number of alkyl halides is 1. The molecule has 1 amide bonds. The van der Waals surface area contributed by atoms with E-state index >= 15 is 4.39 Å². The largest absolute Gasteiger partial charge is 0.493 e. The van der Waals surface area contributed by atoms with Crippen LogP contribution in [-0.4, -0.2) is 31.2 Å². The van der Waals surface area contributed by atoms with Crippen molar-refractivity contribution in [3.05, 3.63) is 116 Å². The second-order valence-electron chi connectivity index (χ2n) is 10.00. The van der Waals surface area contributed by atoms with Gasteiger partial charge in [0.2, 0.25) is 11.8 Å². The summed E-state index contributed by atoms with van der Waals surface area (Å²) in [4.78, 5) is 35.3. The van der Waals surface area contributed by atoms with Crippen LogP contribution in [0, 0.1) is 12.7 Å². The van der Waals surface area contributed by atoms with Crippen LogP contribution in [0.15, 0.2) is 82.5 Å². The number of hydrogen-bond donors (Lipinski definition) is 2. The van der Waals surface area contributed by atoms with Crippen LogP contribution in [0.5, 0.6) is 5.88 Å². The number of halogens is 2. The number of carbonyl (C=O) groups is 1. The van der Waals surface area contributed by atoms with Gasteiger partial charge in [0.1, 0.15) is 11.5 Å². The number of hydrogen-bond acceptors (Lipinski definition) is 6. The van der Waals surface area contributed by atoms with E-state index < -0.39 is 47.7 Å². The van der Waals surface area contributed by atoms with E-state index in [1.807, 2.05) is 49.6 Å². The fraction of sp³-hybridized carbons (Fsp3) is 0.226. The number of primary amides is 1. The topological polar surface area (TPSA) is 111 Å². The number of benzene rings is 2. The van der Waals surface area contributed by atoms with Gasteiger partial charge in [0.25, 0.3) is 5.56 Å². The van der Waals surface area contributed by atoms with E-state index in [-0.39, 0.29) is 28.1 Å². The molecule has 3 N–H and O–H groups in total. The normalized spacial score (nSPS) is 17.6. The molecule has 0 saturated carbocycles. The van der Waals surface area contributed by atoms with E-state index in [0.717, 1.165) is 11.3 Å². The first kappa shape index (κ1) is 28.1. The number of nitrogens with two attached hydrogens (primary N) is 1. The molecule has 4 aromatic rings. The van der Waals surface area contributed by atoms with Gasteiger partial charge >= 0.3 is 0 Å². The molecule has 1 aliphatic carbocycles. The number of aromatic nitrogens is 3. The van der Waals surface area contributed by atoms with Gasteiger partial charge in [-0.2, -0.15) is 4.98 Å². The predicted octanol–water partition coefficient (Wildman–Crippen LogP) is 5.67. The molecule has 10 heteroatoms. The minimum Gasteiger partial charge on any atom is -0.493 e. The lowest BCUT2D eigenvalue weighted by molar-refractivity contribution is -0.114. The number of aryl methyl sites for hydroxylation is 1. The van der Waals surface area contributed by atoms with Crippen LogP contribution in [0.25, 0.3) is 16.4 Å². The lowest BCUT2D eigenvalue weighted by Crippen LogP contribution is -2.36. The molecule has 5 rings (SSSR count). The summed E-state index contributed by atoms with van der Waals surface area (Å²) >= 11 is 1.28. The molecule has 210 valence electrons. The number of amides is 1. The van der Waals surface area contributed by atoms with Gasteiger partial charge in [-0.05, 0) is 36.6 Å². The number of rotatable bonds is 8. The van der Waals surface area contributed by atoms with E-state index in [4.69, 9.17) is 5.73 Å². The van der Waals surface area contributed by atoms with Crippen molar-refractivity contribution >= 4 is 22.8 Å². The van der Waals surface area contributed by atoms with Crippen molar-refractivity contribution in [1.29, 1.82) is 0 Å². The third-order valence-electron chi connectivity index (χ3n) is 7.16. The Labute approximate surface area is 239 Å². The fourth-order valence-electron chi connectivity index (χ4n) is 5.20. The summed E-state index contributed by atoms with van der Waals surface area (Å²) in [6.45, 7) is 3.73. The maximum absolute atomic E-state index is 16.5. The Morgan fingerprint density at radius 1 is 1.17 bits per heavy atom. The summed E-state index contributed by atoms with van der Waals surface area (Å²) in [5.41, 5.74) is 4.20. The van der Waals surface area contributed by atoms with Gasteiger partial charge in [0.05, 0.1) is 11.6 Å². The molecule has 7 nitrogen and oxygen atoms in total. The predicted molar refractivity (Wildman–Crippen MR) is 155 cm³/mol. The SMILES string of the molecule is CCC(c1ccccc1)n1c(-c2nc(C)cs2)nc(O)c(CC2(F)C=CC(c3ccccc3F)=C(C(N)=O)C2)c1=O. The lowest BCUT2D eigenvalue weighted by atomic mass is 9.81. The van der Waals surface area contributed by atoms with Gasteiger partial charge < -0.3 is 10.8 Å². The number of thiazole rings is 1. The van der Waals surface area contributed by atoms with Crippen LogP contribution in [-0.2, 0) is 11.2 Å². The van der Waals surface area contributed by atoms with Gasteiger partial charge in [-0.25, -0.2) is 13.8 Å². The third-order valence-corrected chi connectivity index (χ3v) is 8.11. The second kappa shape index (κ2) is 11.2. The summed E-state index contributed by atoms with van der Waals surface area (Å²) < 4.78 is 32.4. The van der Waals surface area contributed by atoms with E-state index in [9.17, 15) is 19.1 Å². The minimum atomic E-state index is -2.27. The Bertz CT molecular complexity index is 1750. The average Bonchev–Trinajstić information content (AvgIpc) is 3.39. The quantitative estimate of drug-likeness (QED) is 0.282. The number of nitrogens with zero attached hydrogens (tertiary/aromatic N) is 3. The Kier molecular flexibility index (Phi) is 7.68. The Balaban J connectivity index is 1.62. The van der Waals surface area contributed by atoms with Crippen LogP contribution >= 0.6 is 11.3 Å². The van der Waals surface area contributed by atoms with Gasteiger partial charge in [0, 0.05) is 35.1 Å².